The Morgan fingerprint density at radius 2 is 1.43 bits per heavy atom. The summed E-state index contributed by atoms with van der Waals surface area (Å²) in [6.07, 6.45) is 0. The zero-order chi connectivity index (χ0) is 19.8. The van der Waals surface area contributed by atoms with Crippen molar-refractivity contribution in [3.05, 3.63) is 64.7 Å². The minimum absolute atomic E-state index is 0.215. The van der Waals surface area contributed by atoms with Gasteiger partial charge in [0.1, 0.15) is 6.04 Å². The number of nitrogens with zero attached hydrogens (tertiary/aromatic N) is 3. The van der Waals surface area contributed by atoms with Crippen LogP contribution in [-0.2, 0) is 4.79 Å². The maximum atomic E-state index is 13.0. The molecule has 2 aromatic carbocycles. The van der Waals surface area contributed by atoms with E-state index < -0.39 is 17.9 Å². The molecule has 1 saturated heterocycles. The summed E-state index contributed by atoms with van der Waals surface area (Å²) < 4.78 is 0. The first-order chi connectivity index (χ1) is 13.5. The first-order valence-electron chi connectivity index (χ1n) is 9.24. The van der Waals surface area contributed by atoms with Gasteiger partial charge in [-0.05, 0) is 31.2 Å². The van der Waals surface area contributed by atoms with Crippen molar-refractivity contribution in [3.8, 4) is 0 Å². The molecule has 0 spiro atoms. The smallest absolute Gasteiger partial charge is 0.262 e. The minimum atomic E-state index is -0.834. The first kappa shape index (κ1) is 18.5. The molecule has 0 radical (unpaired) electrons. The van der Waals surface area contributed by atoms with Crippen molar-refractivity contribution in [2.75, 3.05) is 31.1 Å². The highest BCUT2D eigenvalue weighted by Gasteiger charge is 2.42. The maximum Gasteiger partial charge on any atom is 0.262 e. The summed E-state index contributed by atoms with van der Waals surface area (Å²) in [7, 11) is 0. The van der Waals surface area contributed by atoms with E-state index >= 15 is 0 Å². The zero-order valence-corrected chi connectivity index (χ0v) is 16.2. The fourth-order valence-electron chi connectivity index (χ4n) is 3.81. The normalized spacial score (nSPS) is 17.7. The van der Waals surface area contributed by atoms with Crippen molar-refractivity contribution >= 4 is 35.0 Å². The van der Waals surface area contributed by atoms with Gasteiger partial charge in [-0.15, -0.1) is 0 Å². The summed E-state index contributed by atoms with van der Waals surface area (Å²) in [5, 5.41) is 0.682. The Morgan fingerprint density at radius 1 is 0.893 bits per heavy atom. The molecule has 2 aromatic rings. The zero-order valence-electron chi connectivity index (χ0n) is 15.5. The predicted molar refractivity (Wildman–Crippen MR) is 107 cm³/mol. The van der Waals surface area contributed by atoms with E-state index in [1.165, 1.54) is 0 Å². The Bertz CT molecular complexity index is 918. The molecule has 1 fully saturated rings. The SMILES string of the molecule is CC(C(=O)N1CCN(c2ccccc2Cl)CC1)N1C(=O)c2ccccc2C1=O. The fraction of sp³-hybridized carbons (Fsp3) is 0.286. The second-order valence-electron chi connectivity index (χ2n) is 6.97. The molecule has 0 saturated carbocycles. The fourth-order valence-corrected chi connectivity index (χ4v) is 4.07. The quantitative estimate of drug-likeness (QED) is 0.747. The van der Waals surface area contributed by atoms with Gasteiger partial charge < -0.3 is 9.80 Å². The number of amides is 3. The van der Waals surface area contributed by atoms with Gasteiger partial charge in [-0.25, -0.2) is 0 Å². The average Bonchev–Trinajstić information content (AvgIpc) is 2.98. The third-order valence-electron chi connectivity index (χ3n) is 5.35. The number of hydrogen-bond donors (Lipinski definition) is 0. The molecule has 2 aliphatic rings. The molecule has 0 aromatic heterocycles. The molecule has 0 N–H and O–H groups in total. The van der Waals surface area contributed by atoms with E-state index in [-0.39, 0.29) is 5.91 Å². The van der Waals surface area contributed by atoms with Crippen LogP contribution in [0.25, 0.3) is 0 Å². The molecule has 2 heterocycles. The van der Waals surface area contributed by atoms with Gasteiger partial charge in [0.15, 0.2) is 0 Å². The minimum Gasteiger partial charge on any atom is -0.367 e. The number of imide groups is 1. The molecule has 1 unspecified atom stereocenters. The van der Waals surface area contributed by atoms with E-state index in [1.807, 2.05) is 24.3 Å². The van der Waals surface area contributed by atoms with Crippen LogP contribution in [0.3, 0.4) is 0 Å². The molecule has 6 nitrogen and oxygen atoms in total. The van der Waals surface area contributed by atoms with Gasteiger partial charge in [0.2, 0.25) is 5.91 Å². The third kappa shape index (κ3) is 3.03. The van der Waals surface area contributed by atoms with Crippen molar-refractivity contribution in [2.24, 2.45) is 0 Å². The molecule has 4 rings (SSSR count). The Labute approximate surface area is 168 Å². The second-order valence-corrected chi connectivity index (χ2v) is 7.37. The van der Waals surface area contributed by atoms with Crippen LogP contribution >= 0.6 is 11.6 Å². The number of hydrogen-bond acceptors (Lipinski definition) is 4. The van der Waals surface area contributed by atoms with Crippen molar-refractivity contribution < 1.29 is 14.4 Å². The lowest BCUT2D eigenvalue weighted by Crippen LogP contribution is -2.55. The van der Waals surface area contributed by atoms with Gasteiger partial charge in [0.25, 0.3) is 11.8 Å². The molecule has 144 valence electrons. The monoisotopic (exact) mass is 397 g/mol. The summed E-state index contributed by atoms with van der Waals surface area (Å²) in [6, 6.07) is 13.5. The summed E-state index contributed by atoms with van der Waals surface area (Å²) in [5.41, 5.74) is 1.66. The van der Waals surface area contributed by atoms with Gasteiger partial charge >= 0.3 is 0 Å². The van der Waals surface area contributed by atoms with Crippen LogP contribution in [0.15, 0.2) is 48.5 Å². The molecular weight excluding hydrogens is 378 g/mol. The lowest BCUT2D eigenvalue weighted by molar-refractivity contribution is -0.135. The Kier molecular flexibility index (Phi) is 4.81. The van der Waals surface area contributed by atoms with Gasteiger partial charge in [-0.2, -0.15) is 0 Å². The van der Waals surface area contributed by atoms with Crippen molar-refractivity contribution in [1.29, 1.82) is 0 Å². The molecule has 2 aliphatic heterocycles. The van der Waals surface area contributed by atoms with E-state index in [4.69, 9.17) is 11.6 Å². The van der Waals surface area contributed by atoms with Crippen LogP contribution in [0.4, 0.5) is 5.69 Å². The topological polar surface area (TPSA) is 60.9 Å². The van der Waals surface area contributed by atoms with E-state index in [1.54, 1.807) is 36.1 Å². The summed E-state index contributed by atoms with van der Waals surface area (Å²) in [4.78, 5) is 43.1. The van der Waals surface area contributed by atoms with Crippen LogP contribution in [0.5, 0.6) is 0 Å². The number of carbonyl (C=O) groups is 3. The van der Waals surface area contributed by atoms with Gasteiger partial charge in [0, 0.05) is 26.2 Å². The Morgan fingerprint density at radius 3 is 2.00 bits per heavy atom. The lowest BCUT2D eigenvalue weighted by atomic mass is 10.1. The van der Waals surface area contributed by atoms with Crippen LogP contribution in [0.2, 0.25) is 5.02 Å². The molecule has 1 atom stereocenters. The van der Waals surface area contributed by atoms with Crippen LogP contribution in [0, 0.1) is 0 Å². The molecule has 3 amide bonds. The molecular formula is C21H20ClN3O3. The van der Waals surface area contributed by atoms with Gasteiger partial charge in [0.05, 0.1) is 21.8 Å². The molecule has 7 heteroatoms. The van der Waals surface area contributed by atoms with Crippen molar-refractivity contribution in [2.45, 2.75) is 13.0 Å². The largest absolute Gasteiger partial charge is 0.367 e. The van der Waals surface area contributed by atoms with E-state index in [9.17, 15) is 14.4 Å². The average molecular weight is 398 g/mol. The van der Waals surface area contributed by atoms with Gasteiger partial charge in [-0.3, -0.25) is 19.3 Å². The van der Waals surface area contributed by atoms with Gasteiger partial charge in [-0.1, -0.05) is 35.9 Å². The van der Waals surface area contributed by atoms with E-state index in [2.05, 4.69) is 4.90 Å². The number of carbonyl (C=O) groups excluding carboxylic acids is 3. The van der Waals surface area contributed by atoms with E-state index in [0.29, 0.717) is 42.3 Å². The van der Waals surface area contributed by atoms with E-state index in [0.717, 1.165) is 10.6 Å². The molecule has 0 bridgehead atoms. The number of para-hydroxylation sites is 1. The van der Waals surface area contributed by atoms with Crippen LogP contribution in [-0.4, -0.2) is 59.7 Å². The standard InChI is InChI=1S/C21H20ClN3O3/c1-14(25-20(27)15-6-2-3-7-16(15)21(25)28)19(26)24-12-10-23(11-13-24)18-9-5-4-8-17(18)22/h2-9,14H,10-13H2,1H3. The highest BCUT2D eigenvalue weighted by atomic mass is 35.5. The molecule has 28 heavy (non-hydrogen) atoms. The highest BCUT2D eigenvalue weighted by molar-refractivity contribution is 6.33. The molecule has 0 aliphatic carbocycles. The third-order valence-corrected chi connectivity index (χ3v) is 5.67. The summed E-state index contributed by atoms with van der Waals surface area (Å²) in [5.74, 6) is -1.03. The number of benzene rings is 2. The number of fused-ring (bicyclic) bond motifs is 1. The van der Waals surface area contributed by atoms with Crippen molar-refractivity contribution in [1.82, 2.24) is 9.80 Å². The Hall–Kier alpha value is -2.86. The summed E-state index contributed by atoms with van der Waals surface area (Å²) >= 11 is 6.27. The van der Waals surface area contributed by atoms with Crippen molar-refractivity contribution in [3.63, 3.8) is 0 Å². The Balaban J connectivity index is 1.44. The number of rotatable bonds is 3. The predicted octanol–water partition coefficient (Wildman–Crippen LogP) is 2.67. The number of halogens is 1. The number of piperazine rings is 1. The van der Waals surface area contributed by atoms with Crippen LogP contribution < -0.4 is 4.90 Å². The lowest BCUT2D eigenvalue weighted by Gasteiger charge is -2.38. The first-order valence-corrected chi connectivity index (χ1v) is 9.62. The van der Waals surface area contributed by atoms with Crippen LogP contribution in [0.1, 0.15) is 27.6 Å². The summed E-state index contributed by atoms with van der Waals surface area (Å²) in [6.45, 7) is 3.92. The maximum absolute atomic E-state index is 13.0. The highest BCUT2D eigenvalue weighted by Crippen LogP contribution is 2.27. The number of anilines is 1. The second kappa shape index (κ2) is 7.28.